The smallest absolute Gasteiger partial charge is 0.253 e. The maximum absolute atomic E-state index is 12.0. The summed E-state index contributed by atoms with van der Waals surface area (Å²) in [4.78, 5) is 16.1. The van der Waals surface area contributed by atoms with Crippen molar-refractivity contribution in [3.05, 3.63) is 36.3 Å². The number of nitrogens with zero attached hydrogens (tertiary/aromatic N) is 2. The quantitative estimate of drug-likeness (QED) is 0.822. The van der Waals surface area contributed by atoms with Gasteiger partial charge in [0.1, 0.15) is 5.65 Å². The molecule has 0 atom stereocenters. The molecule has 2 heterocycles. The van der Waals surface area contributed by atoms with Crippen LogP contribution in [0.3, 0.4) is 0 Å². The second-order valence-electron chi connectivity index (χ2n) is 4.65. The minimum absolute atomic E-state index is 0.129. The second kappa shape index (κ2) is 4.18. The number of fused-ring (bicyclic) bond motifs is 1. The van der Waals surface area contributed by atoms with Gasteiger partial charge in [0.15, 0.2) is 0 Å². The van der Waals surface area contributed by atoms with Gasteiger partial charge in [-0.15, -0.1) is 0 Å². The topological polar surface area (TPSA) is 72.4 Å². The Kier molecular flexibility index (Phi) is 2.85. The SMILES string of the molecule is CC(C)(CN)NC(=O)c1ccc2nccn2c1. The van der Waals surface area contributed by atoms with Crippen LogP contribution in [0.1, 0.15) is 24.2 Å². The summed E-state index contributed by atoms with van der Waals surface area (Å²) in [6.45, 7) is 4.17. The van der Waals surface area contributed by atoms with Crippen molar-refractivity contribution in [1.82, 2.24) is 14.7 Å². The summed E-state index contributed by atoms with van der Waals surface area (Å²) < 4.78 is 1.81. The van der Waals surface area contributed by atoms with Gasteiger partial charge in [-0.3, -0.25) is 4.79 Å². The number of carbonyl (C=O) groups excluding carboxylic acids is 1. The molecule has 0 fully saturated rings. The van der Waals surface area contributed by atoms with Crippen LogP contribution in [0.5, 0.6) is 0 Å². The zero-order valence-corrected chi connectivity index (χ0v) is 9.97. The Morgan fingerprint density at radius 3 is 3.00 bits per heavy atom. The van der Waals surface area contributed by atoms with Gasteiger partial charge in [0.05, 0.1) is 5.56 Å². The molecule has 0 aromatic carbocycles. The molecule has 3 N–H and O–H groups in total. The molecule has 2 aromatic heterocycles. The normalized spacial score (nSPS) is 11.7. The van der Waals surface area contributed by atoms with E-state index in [-0.39, 0.29) is 5.91 Å². The van der Waals surface area contributed by atoms with E-state index < -0.39 is 5.54 Å². The minimum atomic E-state index is -0.402. The van der Waals surface area contributed by atoms with E-state index in [4.69, 9.17) is 5.73 Å². The number of carbonyl (C=O) groups is 1. The number of aromatic nitrogens is 2. The van der Waals surface area contributed by atoms with Gasteiger partial charge in [0.2, 0.25) is 0 Å². The van der Waals surface area contributed by atoms with Gasteiger partial charge < -0.3 is 15.5 Å². The Morgan fingerprint density at radius 2 is 2.29 bits per heavy atom. The van der Waals surface area contributed by atoms with Crippen LogP contribution >= 0.6 is 0 Å². The summed E-state index contributed by atoms with van der Waals surface area (Å²) in [6.07, 6.45) is 5.26. The van der Waals surface area contributed by atoms with Crippen molar-refractivity contribution in [2.75, 3.05) is 6.54 Å². The lowest BCUT2D eigenvalue weighted by atomic mass is 10.1. The summed E-state index contributed by atoms with van der Waals surface area (Å²) in [6, 6.07) is 3.56. The fourth-order valence-electron chi connectivity index (χ4n) is 1.48. The molecule has 2 rings (SSSR count). The molecule has 0 aliphatic carbocycles. The standard InChI is InChI=1S/C12H16N4O/c1-12(2,8-13)15-11(17)9-3-4-10-14-5-6-16(10)7-9/h3-7H,8,13H2,1-2H3,(H,15,17). The number of hydrogen-bond donors (Lipinski definition) is 2. The maximum Gasteiger partial charge on any atom is 0.253 e. The maximum atomic E-state index is 12.0. The second-order valence-corrected chi connectivity index (χ2v) is 4.65. The molecular weight excluding hydrogens is 216 g/mol. The number of pyridine rings is 1. The number of rotatable bonds is 3. The first-order valence-corrected chi connectivity index (χ1v) is 5.47. The third-order valence-electron chi connectivity index (χ3n) is 2.61. The molecule has 0 spiro atoms. The highest BCUT2D eigenvalue weighted by molar-refractivity contribution is 5.94. The zero-order chi connectivity index (χ0) is 12.5. The summed E-state index contributed by atoms with van der Waals surface area (Å²) >= 11 is 0. The van der Waals surface area contributed by atoms with E-state index in [1.165, 1.54) is 0 Å². The van der Waals surface area contributed by atoms with Crippen LogP contribution in [0.15, 0.2) is 30.7 Å². The Bertz CT molecular complexity index is 544. The predicted molar refractivity (Wildman–Crippen MR) is 65.8 cm³/mol. The lowest BCUT2D eigenvalue weighted by Gasteiger charge is -2.24. The molecule has 0 saturated carbocycles. The molecule has 5 heteroatoms. The van der Waals surface area contributed by atoms with Crippen LogP contribution < -0.4 is 11.1 Å². The van der Waals surface area contributed by atoms with Crippen molar-refractivity contribution in [2.24, 2.45) is 5.73 Å². The largest absolute Gasteiger partial charge is 0.346 e. The highest BCUT2D eigenvalue weighted by atomic mass is 16.1. The summed E-state index contributed by atoms with van der Waals surface area (Å²) in [5.41, 5.74) is 6.59. The van der Waals surface area contributed by atoms with Gasteiger partial charge in [0.25, 0.3) is 5.91 Å². The Balaban J connectivity index is 2.24. The van der Waals surface area contributed by atoms with Crippen LogP contribution in [-0.4, -0.2) is 27.4 Å². The van der Waals surface area contributed by atoms with Crippen LogP contribution in [0.4, 0.5) is 0 Å². The molecule has 0 aliphatic heterocycles. The lowest BCUT2D eigenvalue weighted by Crippen LogP contribution is -2.48. The van der Waals surface area contributed by atoms with Gasteiger partial charge in [-0.2, -0.15) is 0 Å². The molecular formula is C12H16N4O. The summed E-state index contributed by atoms with van der Waals surface area (Å²) in [5, 5.41) is 2.88. The molecule has 1 amide bonds. The van der Waals surface area contributed by atoms with E-state index in [9.17, 15) is 4.79 Å². The monoisotopic (exact) mass is 232 g/mol. The first kappa shape index (κ1) is 11.6. The molecule has 17 heavy (non-hydrogen) atoms. The first-order chi connectivity index (χ1) is 8.02. The van der Waals surface area contributed by atoms with Gasteiger partial charge in [-0.1, -0.05) is 0 Å². The van der Waals surface area contributed by atoms with Crippen molar-refractivity contribution in [2.45, 2.75) is 19.4 Å². The molecule has 0 radical (unpaired) electrons. The Labute approximate surface area is 99.6 Å². The highest BCUT2D eigenvalue weighted by Gasteiger charge is 2.19. The van der Waals surface area contributed by atoms with Crippen molar-refractivity contribution in [3.63, 3.8) is 0 Å². The number of imidazole rings is 1. The highest BCUT2D eigenvalue weighted by Crippen LogP contribution is 2.07. The summed E-state index contributed by atoms with van der Waals surface area (Å²) in [5.74, 6) is -0.129. The average molecular weight is 232 g/mol. The third kappa shape index (κ3) is 2.45. The molecule has 5 nitrogen and oxygen atoms in total. The Morgan fingerprint density at radius 1 is 1.53 bits per heavy atom. The summed E-state index contributed by atoms with van der Waals surface area (Å²) in [7, 11) is 0. The fourth-order valence-corrected chi connectivity index (χ4v) is 1.48. The average Bonchev–Trinajstić information content (AvgIpc) is 2.75. The van der Waals surface area contributed by atoms with Crippen molar-refractivity contribution in [1.29, 1.82) is 0 Å². The molecule has 0 unspecified atom stereocenters. The fraction of sp³-hybridized carbons (Fsp3) is 0.333. The van der Waals surface area contributed by atoms with Crippen LogP contribution in [0.2, 0.25) is 0 Å². The van der Waals surface area contributed by atoms with Crippen molar-refractivity contribution >= 4 is 11.6 Å². The van der Waals surface area contributed by atoms with E-state index in [1.54, 1.807) is 24.7 Å². The van der Waals surface area contributed by atoms with Gasteiger partial charge in [0, 0.05) is 30.7 Å². The van der Waals surface area contributed by atoms with E-state index in [0.29, 0.717) is 12.1 Å². The van der Waals surface area contributed by atoms with Gasteiger partial charge >= 0.3 is 0 Å². The van der Waals surface area contributed by atoms with E-state index in [1.807, 2.05) is 24.3 Å². The zero-order valence-electron chi connectivity index (χ0n) is 9.97. The van der Waals surface area contributed by atoms with E-state index >= 15 is 0 Å². The molecule has 0 saturated heterocycles. The molecule has 2 aromatic rings. The van der Waals surface area contributed by atoms with Gasteiger partial charge in [-0.25, -0.2) is 4.98 Å². The van der Waals surface area contributed by atoms with Crippen LogP contribution in [0.25, 0.3) is 5.65 Å². The van der Waals surface area contributed by atoms with E-state index in [2.05, 4.69) is 10.3 Å². The number of nitrogens with one attached hydrogen (secondary N) is 1. The predicted octanol–water partition coefficient (Wildman–Crippen LogP) is 0.801. The first-order valence-electron chi connectivity index (χ1n) is 5.47. The molecule has 90 valence electrons. The Hall–Kier alpha value is -1.88. The molecule has 0 bridgehead atoms. The number of hydrogen-bond acceptors (Lipinski definition) is 3. The van der Waals surface area contributed by atoms with Crippen LogP contribution in [0, 0.1) is 0 Å². The molecule has 0 aliphatic rings. The third-order valence-corrected chi connectivity index (χ3v) is 2.61. The van der Waals surface area contributed by atoms with Crippen molar-refractivity contribution < 1.29 is 4.79 Å². The minimum Gasteiger partial charge on any atom is -0.346 e. The van der Waals surface area contributed by atoms with Crippen LogP contribution in [-0.2, 0) is 0 Å². The number of nitrogens with two attached hydrogens (primary N) is 1. The lowest BCUT2D eigenvalue weighted by molar-refractivity contribution is 0.0915. The van der Waals surface area contributed by atoms with Gasteiger partial charge in [-0.05, 0) is 26.0 Å². The van der Waals surface area contributed by atoms with Crippen molar-refractivity contribution in [3.8, 4) is 0 Å². The van der Waals surface area contributed by atoms with E-state index in [0.717, 1.165) is 5.65 Å². The number of amides is 1.